The van der Waals surface area contributed by atoms with Crippen molar-refractivity contribution >= 4 is 17.5 Å². The van der Waals surface area contributed by atoms with Crippen LogP contribution in [-0.4, -0.2) is 39.0 Å². The van der Waals surface area contributed by atoms with E-state index >= 15 is 0 Å². The molecular weight excluding hydrogens is 433 g/mol. The molecule has 1 N–H and O–H groups in total. The van der Waals surface area contributed by atoms with Gasteiger partial charge in [-0.25, -0.2) is 14.4 Å². The summed E-state index contributed by atoms with van der Waals surface area (Å²) in [7, 11) is 0. The second-order valence-corrected chi connectivity index (χ2v) is 8.06. The number of ether oxygens (including phenoxy) is 1. The fourth-order valence-electron chi connectivity index (χ4n) is 4.01. The van der Waals surface area contributed by atoms with E-state index in [1.54, 1.807) is 23.2 Å². The predicted molar refractivity (Wildman–Crippen MR) is 119 cm³/mol. The summed E-state index contributed by atoms with van der Waals surface area (Å²) < 4.78 is 19.1. The molecule has 3 aromatic rings. The van der Waals surface area contributed by atoms with E-state index < -0.39 is 5.82 Å². The lowest BCUT2D eigenvalue weighted by atomic mass is 9.93. The first-order chi connectivity index (χ1) is 15.5. The van der Waals surface area contributed by atoms with Crippen LogP contribution in [0.5, 0.6) is 11.6 Å². The van der Waals surface area contributed by atoms with Gasteiger partial charge in [0.15, 0.2) is 0 Å². The molecule has 0 spiro atoms. The Bertz CT molecular complexity index is 1120. The molecule has 0 aliphatic carbocycles. The molecule has 1 aliphatic rings. The number of carbonyl (C=O) groups is 1. The highest BCUT2D eigenvalue weighted by Crippen LogP contribution is 2.34. The van der Waals surface area contributed by atoms with Gasteiger partial charge in [-0.2, -0.15) is 0 Å². The Morgan fingerprint density at radius 3 is 2.84 bits per heavy atom. The Morgan fingerprint density at radius 2 is 2.12 bits per heavy atom. The molecule has 4 rings (SSSR count). The van der Waals surface area contributed by atoms with Crippen LogP contribution in [0.25, 0.3) is 0 Å². The van der Waals surface area contributed by atoms with Crippen molar-refractivity contribution in [1.82, 2.24) is 14.9 Å². The van der Waals surface area contributed by atoms with Gasteiger partial charge in [0.2, 0.25) is 5.88 Å². The Labute approximate surface area is 190 Å². The third kappa shape index (κ3) is 4.59. The van der Waals surface area contributed by atoms with Gasteiger partial charge in [0.1, 0.15) is 17.3 Å². The first kappa shape index (κ1) is 22.2. The van der Waals surface area contributed by atoms with Gasteiger partial charge in [-0.05, 0) is 54.3 Å². The van der Waals surface area contributed by atoms with Crippen LogP contribution >= 0.6 is 11.6 Å². The molecule has 1 fully saturated rings. The summed E-state index contributed by atoms with van der Waals surface area (Å²) in [5.41, 5.74) is 2.75. The standard InChI is InChI=1S/C24H23ClFN3O3/c1-2-19-21(25)7-9-27-23(19)32-18-4-5-20(16(11-18)14-30)15-8-10-29(13-15)24(31)22-6-3-17(26)12-28-22/h3-7,9,11-12,15,30H,2,8,10,13-14H2,1H3/t15-/m1/s1. The summed E-state index contributed by atoms with van der Waals surface area (Å²) in [5, 5.41) is 10.6. The second kappa shape index (κ2) is 9.63. The molecule has 1 aliphatic heterocycles. The van der Waals surface area contributed by atoms with Crippen LogP contribution in [0.2, 0.25) is 5.02 Å². The number of benzene rings is 1. The number of aromatic nitrogens is 2. The zero-order valence-corrected chi connectivity index (χ0v) is 18.3. The summed E-state index contributed by atoms with van der Waals surface area (Å²) in [5.74, 6) is 0.378. The van der Waals surface area contributed by atoms with Crippen LogP contribution in [0.1, 0.15) is 46.4 Å². The van der Waals surface area contributed by atoms with E-state index in [9.17, 15) is 14.3 Å². The molecule has 8 heteroatoms. The number of amides is 1. The zero-order valence-electron chi connectivity index (χ0n) is 17.6. The minimum atomic E-state index is -0.477. The molecule has 32 heavy (non-hydrogen) atoms. The fraction of sp³-hybridized carbons (Fsp3) is 0.292. The van der Waals surface area contributed by atoms with Crippen LogP contribution in [-0.2, 0) is 13.0 Å². The van der Waals surface area contributed by atoms with Crippen molar-refractivity contribution in [1.29, 1.82) is 0 Å². The minimum absolute atomic E-state index is 0.0751. The van der Waals surface area contributed by atoms with Gasteiger partial charge >= 0.3 is 0 Å². The minimum Gasteiger partial charge on any atom is -0.439 e. The first-order valence-corrected chi connectivity index (χ1v) is 10.8. The summed E-state index contributed by atoms with van der Waals surface area (Å²) in [6, 6.07) is 9.90. The summed E-state index contributed by atoms with van der Waals surface area (Å²) >= 11 is 6.24. The number of nitrogens with zero attached hydrogens (tertiary/aromatic N) is 3. The molecule has 2 aromatic heterocycles. The number of aliphatic hydroxyl groups excluding tert-OH is 1. The average Bonchev–Trinajstić information content (AvgIpc) is 3.29. The van der Waals surface area contributed by atoms with Crippen LogP contribution in [0.3, 0.4) is 0 Å². The SMILES string of the molecule is CCc1c(Cl)ccnc1Oc1ccc([C@@H]2CCN(C(=O)c3ccc(F)cn3)C2)c(CO)c1. The number of halogens is 2. The van der Waals surface area contributed by atoms with Gasteiger partial charge in [0, 0.05) is 30.8 Å². The Hall–Kier alpha value is -3.03. The molecule has 1 atom stereocenters. The lowest BCUT2D eigenvalue weighted by Gasteiger charge is -2.18. The molecule has 166 valence electrons. The van der Waals surface area contributed by atoms with Gasteiger partial charge in [-0.15, -0.1) is 0 Å². The van der Waals surface area contributed by atoms with E-state index in [1.807, 2.05) is 19.1 Å². The van der Waals surface area contributed by atoms with E-state index in [2.05, 4.69) is 9.97 Å². The van der Waals surface area contributed by atoms with Crippen molar-refractivity contribution < 1.29 is 19.0 Å². The fourth-order valence-corrected chi connectivity index (χ4v) is 4.29. The quantitative estimate of drug-likeness (QED) is 0.580. The van der Waals surface area contributed by atoms with Gasteiger partial charge in [0.05, 0.1) is 17.8 Å². The van der Waals surface area contributed by atoms with Crippen molar-refractivity contribution in [3.8, 4) is 11.6 Å². The highest BCUT2D eigenvalue weighted by molar-refractivity contribution is 6.31. The molecular formula is C24H23ClFN3O3. The maximum atomic E-state index is 13.1. The van der Waals surface area contributed by atoms with Crippen molar-refractivity contribution in [2.75, 3.05) is 13.1 Å². The van der Waals surface area contributed by atoms with Crippen LogP contribution in [0.4, 0.5) is 4.39 Å². The van der Waals surface area contributed by atoms with Crippen molar-refractivity contribution in [2.24, 2.45) is 0 Å². The van der Waals surface area contributed by atoms with E-state index in [0.29, 0.717) is 36.2 Å². The highest BCUT2D eigenvalue weighted by Gasteiger charge is 2.30. The normalized spacial score (nSPS) is 15.8. The number of aliphatic hydroxyl groups is 1. The summed E-state index contributed by atoms with van der Waals surface area (Å²) in [4.78, 5) is 22.6. The number of rotatable bonds is 6. The predicted octanol–water partition coefficient (Wildman–Crippen LogP) is 4.75. The molecule has 0 radical (unpaired) electrons. The third-order valence-corrected chi connectivity index (χ3v) is 6.03. The molecule has 1 saturated heterocycles. The van der Waals surface area contributed by atoms with Crippen molar-refractivity contribution in [2.45, 2.75) is 32.3 Å². The number of likely N-dealkylation sites (tertiary alicyclic amines) is 1. The molecule has 0 unspecified atom stereocenters. The monoisotopic (exact) mass is 455 g/mol. The second-order valence-electron chi connectivity index (χ2n) is 7.65. The number of pyridine rings is 2. The van der Waals surface area contributed by atoms with Crippen LogP contribution < -0.4 is 4.74 Å². The Morgan fingerprint density at radius 1 is 1.28 bits per heavy atom. The van der Waals surface area contributed by atoms with Crippen molar-refractivity contribution in [3.05, 3.63) is 82.0 Å². The third-order valence-electron chi connectivity index (χ3n) is 5.67. The largest absolute Gasteiger partial charge is 0.439 e. The first-order valence-electron chi connectivity index (χ1n) is 10.5. The molecule has 6 nitrogen and oxygen atoms in total. The van der Waals surface area contributed by atoms with Gasteiger partial charge in [-0.3, -0.25) is 4.79 Å². The molecule has 1 aromatic carbocycles. The molecule has 1 amide bonds. The summed E-state index contributed by atoms with van der Waals surface area (Å²) in [6.45, 7) is 2.89. The zero-order chi connectivity index (χ0) is 22.7. The van der Waals surface area contributed by atoms with E-state index in [0.717, 1.165) is 29.3 Å². The number of hydrogen-bond donors (Lipinski definition) is 1. The maximum absolute atomic E-state index is 13.1. The topological polar surface area (TPSA) is 75.5 Å². The average molecular weight is 456 g/mol. The van der Waals surface area contributed by atoms with Gasteiger partial charge in [0.25, 0.3) is 5.91 Å². The highest BCUT2D eigenvalue weighted by atomic mass is 35.5. The van der Waals surface area contributed by atoms with E-state index in [1.165, 1.54) is 12.1 Å². The van der Waals surface area contributed by atoms with Crippen molar-refractivity contribution in [3.63, 3.8) is 0 Å². The lowest BCUT2D eigenvalue weighted by molar-refractivity contribution is 0.0785. The lowest BCUT2D eigenvalue weighted by Crippen LogP contribution is -2.29. The smallest absolute Gasteiger partial charge is 0.272 e. The molecule has 3 heterocycles. The maximum Gasteiger partial charge on any atom is 0.272 e. The van der Waals surface area contributed by atoms with Gasteiger partial charge in [-0.1, -0.05) is 24.6 Å². The van der Waals surface area contributed by atoms with Crippen LogP contribution in [0.15, 0.2) is 48.8 Å². The van der Waals surface area contributed by atoms with E-state index in [4.69, 9.17) is 16.3 Å². The van der Waals surface area contributed by atoms with Gasteiger partial charge < -0.3 is 14.7 Å². The number of hydrogen-bond acceptors (Lipinski definition) is 5. The Balaban J connectivity index is 1.51. The number of carbonyl (C=O) groups excluding carboxylic acids is 1. The molecule has 0 saturated carbocycles. The Kier molecular flexibility index (Phi) is 6.67. The van der Waals surface area contributed by atoms with E-state index in [-0.39, 0.29) is 24.1 Å². The summed E-state index contributed by atoms with van der Waals surface area (Å²) in [6.07, 6.45) is 4.08. The van der Waals surface area contributed by atoms with Crippen LogP contribution in [0, 0.1) is 5.82 Å². The molecule has 0 bridgehead atoms.